The van der Waals surface area contributed by atoms with Crippen LogP contribution in [-0.2, 0) is 14.8 Å². The minimum absolute atomic E-state index is 0.226. The summed E-state index contributed by atoms with van der Waals surface area (Å²) in [7, 11) is -1.89. The van der Waals surface area contributed by atoms with Crippen LogP contribution in [0.1, 0.15) is 13.3 Å². The van der Waals surface area contributed by atoms with E-state index in [-0.39, 0.29) is 4.90 Å². The van der Waals surface area contributed by atoms with E-state index in [2.05, 4.69) is 4.98 Å². The molecule has 1 rings (SSSR count). The first-order chi connectivity index (χ1) is 8.12. The fraction of sp³-hybridized carbons (Fsp3) is 0.545. The molecule has 96 valence electrons. The topological polar surface area (TPSA) is 59.5 Å². The third kappa shape index (κ3) is 3.76. The lowest BCUT2D eigenvalue weighted by atomic mass is 10.5. The summed E-state index contributed by atoms with van der Waals surface area (Å²) in [6.07, 6.45) is 3.69. The van der Waals surface area contributed by atoms with E-state index in [9.17, 15) is 8.42 Å². The average molecular weight is 258 g/mol. The first-order valence-electron chi connectivity index (χ1n) is 5.52. The monoisotopic (exact) mass is 258 g/mol. The molecule has 0 N–H and O–H groups in total. The van der Waals surface area contributed by atoms with E-state index in [1.165, 1.54) is 10.5 Å². The summed E-state index contributed by atoms with van der Waals surface area (Å²) >= 11 is 0. The van der Waals surface area contributed by atoms with Crippen molar-refractivity contribution in [2.75, 3.05) is 26.8 Å². The van der Waals surface area contributed by atoms with Crippen LogP contribution >= 0.6 is 0 Å². The summed E-state index contributed by atoms with van der Waals surface area (Å²) in [5, 5.41) is 0. The first-order valence-corrected chi connectivity index (χ1v) is 6.96. The molecule has 0 aliphatic carbocycles. The molecule has 0 amide bonds. The fourth-order valence-corrected chi connectivity index (χ4v) is 2.92. The lowest BCUT2D eigenvalue weighted by Gasteiger charge is -2.20. The van der Waals surface area contributed by atoms with E-state index in [4.69, 9.17) is 4.74 Å². The maximum absolute atomic E-state index is 12.3. The second-order valence-electron chi connectivity index (χ2n) is 3.59. The first kappa shape index (κ1) is 14.1. The number of nitrogens with zero attached hydrogens (tertiary/aromatic N) is 2. The Labute approximate surface area is 102 Å². The van der Waals surface area contributed by atoms with E-state index >= 15 is 0 Å². The molecule has 17 heavy (non-hydrogen) atoms. The molecule has 0 aliphatic heterocycles. The summed E-state index contributed by atoms with van der Waals surface area (Å²) in [5.41, 5.74) is 0. The summed E-state index contributed by atoms with van der Waals surface area (Å²) < 4.78 is 30.9. The molecule has 0 bridgehead atoms. The molecule has 5 nitrogen and oxygen atoms in total. The molecule has 0 radical (unpaired) electrons. The van der Waals surface area contributed by atoms with Gasteiger partial charge in [-0.25, -0.2) is 8.42 Å². The second-order valence-corrected chi connectivity index (χ2v) is 5.52. The highest BCUT2D eigenvalue weighted by Crippen LogP contribution is 2.14. The number of aromatic nitrogens is 1. The van der Waals surface area contributed by atoms with Crippen LogP contribution in [0.2, 0.25) is 0 Å². The van der Waals surface area contributed by atoms with Crippen LogP contribution in [0.4, 0.5) is 0 Å². The quantitative estimate of drug-likeness (QED) is 0.735. The third-order valence-corrected chi connectivity index (χ3v) is 4.17. The van der Waals surface area contributed by atoms with Gasteiger partial charge in [0.05, 0.1) is 6.61 Å². The number of sulfonamides is 1. The summed E-state index contributed by atoms with van der Waals surface area (Å²) in [5.74, 6) is 0. The van der Waals surface area contributed by atoms with Gasteiger partial charge < -0.3 is 4.74 Å². The normalized spacial score (nSPS) is 11.9. The van der Waals surface area contributed by atoms with Gasteiger partial charge in [-0.3, -0.25) is 4.98 Å². The Balaban J connectivity index is 2.92. The number of ether oxygens (including phenoxy) is 1. The van der Waals surface area contributed by atoms with Crippen molar-refractivity contribution in [3.63, 3.8) is 0 Å². The van der Waals surface area contributed by atoms with E-state index in [1.54, 1.807) is 25.4 Å². The molecule has 1 aromatic heterocycles. The summed E-state index contributed by atoms with van der Waals surface area (Å²) in [6.45, 7) is 3.18. The summed E-state index contributed by atoms with van der Waals surface area (Å²) in [6, 6.07) is 3.17. The van der Waals surface area contributed by atoms with Crippen LogP contribution in [0.3, 0.4) is 0 Å². The predicted octanol–water partition coefficient (Wildman–Crippen LogP) is 1.13. The smallest absolute Gasteiger partial charge is 0.244 e. The number of rotatable bonds is 7. The number of hydrogen-bond acceptors (Lipinski definition) is 4. The zero-order valence-electron chi connectivity index (χ0n) is 10.2. The molecule has 0 fully saturated rings. The Hall–Kier alpha value is -0.980. The van der Waals surface area contributed by atoms with Gasteiger partial charge in [0, 0.05) is 32.6 Å². The van der Waals surface area contributed by atoms with Gasteiger partial charge in [-0.1, -0.05) is 6.92 Å². The Kier molecular flexibility index (Phi) is 5.54. The van der Waals surface area contributed by atoms with Crippen molar-refractivity contribution < 1.29 is 13.2 Å². The molecule has 0 aliphatic rings. The maximum atomic E-state index is 12.3. The van der Waals surface area contributed by atoms with Crippen molar-refractivity contribution in [2.24, 2.45) is 0 Å². The molecule has 0 atom stereocenters. The second kappa shape index (κ2) is 6.68. The number of hydrogen-bond donors (Lipinski definition) is 0. The molecule has 1 aromatic rings. The molecular formula is C11H18N2O3S. The van der Waals surface area contributed by atoms with E-state index in [0.717, 1.165) is 6.42 Å². The average Bonchev–Trinajstić information content (AvgIpc) is 2.35. The lowest BCUT2D eigenvalue weighted by molar-refractivity contribution is 0.179. The van der Waals surface area contributed by atoms with Crippen LogP contribution in [0, 0.1) is 0 Å². The molecular weight excluding hydrogens is 240 g/mol. The Morgan fingerprint density at radius 2 is 2.18 bits per heavy atom. The highest BCUT2D eigenvalue weighted by molar-refractivity contribution is 7.89. The van der Waals surface area contributed by atoms with Crippen molar-refractivity contribution in [1.82, 2.24) is 9.29 Å². The number of methoxy groups -OCH3 is 1. The minimum Gasteiger partial charge on any atom is -0.383 e. The zero-order chi connectivity index (χ0) is 12.7. The highest BCUT2D eigenvalue weighted by atomic mass is 32.2. The lowest BCUT2D eigenvalue weighted by Crippen LogP contribution is -2.34. The van der Waals surface area contributed by atoms with Gasteiger partial charge in [0.2, 0.25) is 10.0 Å². The van der Waals surface area contributed by atoms with Crippen molar-refractivity contribution >= 4 is 10.0 Å². The van der Waals surface area contributed by atoms with Gasteiger partial charge in [0.1, 0.15) is 4.90 Å². The highest BCUT2D eigenvalue weighted by Gasteiger charge is 2.23. The molecule has 6 heteroatoms. The van der Waals surface area contributed by atoms with Crippen molar-refractivity contribution in [3.05, 3.63) is 24.5 Å². The van der Waals surface area contributed by atoms with Gasteiger partial charge in [-0.2, -0.15) is 4.31 Å². The largest absolute Gasteiger partial charge is 0.383 e. The van der Waals surface area contributed by atoms with E-state index < -0.39 is 10.0 Å². The van der Waals surface area contributed by atoms with E-state index in [1.807, 2.05) is 6.92 Å². The van der Waals surface area contributed by atoms with Gasteiger partial charge in [0.15, 0.2) is 0 Å². The minimum atomic E-state index is -3.44. The Morgan fingerprint density at radius 3 is 2.71 bits per heavy atom. The fourth-order valence-electron chi connectivity index (χ4n) is 1.44. The van der Waals surface area contributed by atoms with Crippen molar-refractivity contribution in [2.45, 2.75) is 18.2 Å². The molecule has 0 spiro atoms. The van der Waals surface area contributed by atoms with Gasteiger partial charge in [-0.15, -0.1) is 0 Å². The predicted molar refractivity (Wildman–Crippen MR) is 65.2 cm³/mol. The molecule has 0 unspecified atom stereocenters. The van der Waals surface area contributed by atoms with Gasteiger partial charge in [-0.05, 0) is 18.6 Å². The van der Waals surface area contributed by atoms with Crippen LogP contribution in [0.5, 0.6) is 0 Å². The van der Waals surface area contributed by atoms with Crippen LogP contribution in [-0.4, -0.2) is 44.5 Å². The van der Waals surface area contributed by atoms with E-state index in [0.29, 0.717) is 19.7 Å². The SMILES string of the molecule is CCCN(CCOC)S(=O)(=O)c1cccnc1. The van der Waals surface area contributed by atoms with Crippen LogP contribution in [0.25, 0.3) is 0 Å². The van der Waals surface area contributed by atoms with Gasteiger partial charge in [0.25, 0.3) is 0 Å². The van der Waals surface area contributed by atoms with Gasteiger partial charge >= 0.3 is 0 Å². The van der Waals surface area contributed by atoms with Crippen LogP contribution in [0.15, 0.2) is 29.4 Å². The third-order valence-electron chi connectivity index (χ3n) is 2.29. The number of pyridine rings is 1. The van der Waals surface area contributed by atoms with Crippen molar-refractivity contribution in [1.29, 1.82) is 0 Å². The zero-order valence-corrected chi connectivity index (χ0v) is 11.0. The maximum Gasteiger partial charge on any atom is 0.244 e. The Bertz CT molecular complexity index is 420. The van der Waals surface area contributed by atoms with Crippen molar-refractivity contribution in [3.8, 4) is 0 Å². The summed E-state index contributed by atoms with van der Waals surface area (Å²) in [4.78, 5) is 4.06. The molecule has 0 aromatic carbocycles. The van der Waals surface area contributed by atoms with Crippen LogP contribution < -0.4 is 0 Å². The molecule has 0 saturated heterocycles. The Morgan fingerprint density at radius 1 is 1.41 bits per heavy atom. The standard InChI is InChI=1S/C11H18N2O3S/c1-3-7-13(8-9-16-2)17(14,15)11-5-4-6-12-10-11/h4-6,10H,3,7-9H2,1-2H3. The molecule has 1 heterocycles. The molecule has 0 saturated carbocycles.